The number of hydrogen-bond acceptors (Lipinski definition) is 6. The number of para-hydroxylation sites is 1. The van der Waals surface area contributed by atoms with Gasteiger partial charge in [0, 0.05) is 17.8 Å². The summed E-state index contributed by atoms with van der Waals surface area (Å²) in [5.74, 6) is -0.607. The number of carboxylic acid groups (broad SMARTS) is 1. The minimum atomic E-state index is -0.715. The average Bonchev–Trinajstić information content (AvgIpc) is 3.25. The van der Waals surface area contributed by atoms with Crippen LogP contribution in [0.25, 0.3) is 0 Å². The fourth-order valence-corrected chi connectivity index (χ4v) is 4.16. The summed E-state index contributed by atoms with van der Waals surface area (Å²) in [5.41, 5.74) is 3.70. The summed E-state index contributed by atoms with van der Waals surface area (Å²) in [6.07, 6.45) is 4.11. The number of nitrogens with zero attached hydrogens (tertiary/aromatic N) is 2. The zero-order valence-corrected chi connectivity index (χ0v) is 17.9. The van der Waals surface area contributed by atoms with E-state index in [1.54, 1.807) is 0 Å². The molecule has 32 heavy (non-hydrogen) atoms. The normalized spacial score (nSPS) is 18.2. The molecule has 0 radical (unpaired) electrons. The molecule has 0 atom stereocenters. The van der Waals surface area contributed by atoms with E-state index < -0.39 is 11.9 Å². The number of hydrogen-bond donors (Lipinski definition) is 3. The number of nitrogens with one attached hydrogen (secondary N) is 2. The van der Waals surface area contributed by atoms with E-state index in [1.807, 2.05) is 55.5 Å². The van der Waals surface area contributed by atoms with E-state index >= 15 is 0 Å². The molecule has 0 unspecified atom stereocenters. The predicted octanol–water partition coefficient (Wildman–Crippen LogP) is 5.12. The van der Waals surface area contributed by atoms with E-state index in [4.69, 9.17) is 9.52 Å². The number of carbonyl (C=O) groups excluding carboxylic acids is 1. The Morgan fingerprint density at radius 1 is 1.03 bits per heavy atom. The number of carboxylic acids is 1. The van der Waals surface area contributed by atoms with Gasteiger partial charge in [0.1, 0.15) is 0 Å². The number of carbonyl (C=O) groups is 2. The van der Waals surface area contributed by atoms with Crippen molar-refractivity contribution in [3.05, 3.63) is 65.5 Å². The lowest BCUT2D eigenvalue weighted by Crippen LogP contribution is -2.16. The number of benzene rings is 2. The maximum atomic E-state index is 12.5. The van der Waals surface area contributed by atoms with Gasteiger partial charge in [-0.1, -0.05) is 35.4 Å². The maximum absolute atomic E-state index is 12.5. The molecule has 1 amide bonds. The van der Waals surface area contributed by atoms with Crippen LogP contribution < -0.4 is 10.6 Å². The molecular formula is C24H26N4O4. The third kappa shape index (κ3) is 5.32. The monoisotopic (exact) mass is 434 g/mol. The fraction of sp³-hybridized carbons (Fsp3) is 0.333. The quantitative estimate of drug-likeness (QED) is 0.472. The summed E-state index contributed by atoms with van der Waals surface area (Å²) in [5, 5.41) is 22.5. The maximum Gasteiger partial charge on any atom is 0.320 e. The minimum Gasteiger partial charge on any atom is -0.481 e. The van der Waals surface area contributed by atoms with Crippen molar-refractivity contribution in [2.75, 3.05) is 10.6 Å². The van der Waals surface area contributed by atoms with Crippen LogP contribution in [-0.2, 0) is 4.79 Å². The van der Waals surface area contributed by atoms with Gasteiger partial charge in [-0.15, -0.1) is 5.10 Å². The average molecular weight is 434 g/mol. The highest BCUT2D eigenvalue weighted by molar-refractivity contribution is 6.00. The van der Waals surface area contributed by atoms with Crippen molar-refractivity contribution < 1.29 is 19.1 Å². The second kappa shape index (κ2) is 9.64. The Labute approximate surface area is 186 Å². The van der Waals surface area contributed by atoms with Crippen LogP contribution in [0.5, 0.6) is 0 Å². The van der Waals surface area contributed by atoms with Crippen molar-refractivity contribution in [2.24, 2.45) is 5.92 Å². The Morgan fingerprint density at radius 2 is 1.75 bits per heavy atom. The van der Waals surface area contributed by atoms with Crippen LogP contribution in [0.2, 0.25) is 0 Å². The summed E-state index contributed by atoms with van der Waals surface area (Å²) in [7, 11) is 0. The summed E-state index contributed by atoms with van der Waals surface area (Å²) >= 11 is 0. The van der Waals surface area contributed by atoms with Gasteiger partial charge < -0.3 is 20.2 Å². The van der Waals surface area contributed by atoms with Gasteiger partial charge in [0.25, 0.3) is 0 Å². The van der Waals surface area contributed by atoms with Gasteiger partial charge in [0.15, 0.2) is 0 Å². The lowest BCUT2D eigenvalue weighted by atomic mass is 9.77. The third-order valence-electron chi connectivity index (χ3n) is 5.96. The molecule has 0 aliphatic heterocycles. The molecule has 1 heterocycles. The van der Waals surface area contributed by atoms with E-state index in [-0.39, 0.29) is 24.2 Å². The highest BCUT2D eigenvalue weighted by atomic mass is 16.4. The SMILES string of the molecule is Cc1ccccc1Nc1nnc(C(=O)Nc2ccc(C3CCC(CC(=O)O)CC3)cc2)o1. The van der Waals surface area contributed by atoms with Crippen LogP contribution in [0.3, 0.4) is 0 Å². The van der Waals surface area contributed by atoms with E-state index in [9.17, 15) is 9.59 Å². The predicted molar refractivity (Wildman–Crippen MR) is 120 cm³/mol. The number of aryl methyl sites for hydroxylation is 1. The lowest BCUT2D eigenvalue weighted by molar-refractivity contribution is -0.138. The van der Waals surface area contributed by atoms with Gasteiger partial charge in [-0.25, -0.2) is 0 Å². The Morgan fingerprint density at radius 3 is 2.44 bits per heavy atom. The zero-order chi connectivity index (χ0) is 22.5. The standard InChI is InChI=1S/C24H26N4O4/c1-15-4-2-3-5-20(15)26-24-28-27-23(32-24)22(31)25-19-12-10-18(11-13-19)17-8-6-16(7-9-17)14-21(29)30/h2-5,10-13,16-17H,6-9,14H2,1H3,(H,25,31)(H,26,28)(H,29,30). The van der Waals surface area contributed by atoms with Gasteiger partial charge in [-0.3, -0.25) is 9.59 Å². The van der Waals surface area contributed by atoms with Gasteiger partial charge >= 0.3 is 23.8 Å². The van der Waals surface area contributed by atoms with E-state index in [1.165, 1.54) is 5.56 Å². The van der Waals surface area contributed by atoms with Crippen LogP contribution in [0.1, 0.15) is 59.8 Å². The Bertz CT molecular complexity index is 1090. The van der Waals surface area contributed by atoms with Crippen molar-refractivity contribution in [3.63, 3.8) is 0 Å². The molecule has 1 aromatic heterocycles. The molecule has 3 N–H and O–H groups in total. The Balaban J connectivity index is 1.32. The summed E-state index contributed by atoms with van der Waals surface area (Å²) in [6.45, 7) is 1.96. The van der Waals surface area contributed by atoms with E-state index in [0.717, 1.165) is 36.9 Å². The van der Waals surface area contributed by atoms with Crippen LogP contribution in [0.15, 0.2) is 52.9 Å². The second-order valence-corrected chi connectivity index (χ2v) is 8.24. The number of anilines is 3. The topological polar surface area (TPSA) is 117 Å². The molecular weight excluding hydrogens is 408 g/mol. The van der Waals surface area contributed by atoms with Crippen LogP contribution in [-0.4, -0.2) is 27.2 Å². The Kier molecular flexibility index (Phi) is 6.49. The second-order valence-electron chi connectivity index (χ2n) is 8.24. The molecule has 8 nitrogen and oxygen atoms in total. The minimum absolute atomic E-state index is 0.123. The molecule has 1 aliphatic carbocycles. The van der Waals surface area contributed by atoms with Gasteiger partial charge in [-0.2, -0.15) is 0 Å². The van der Waals surface area contributed by atoms with Crippen LogP contribution >= 0.6 is 0 Å². The lowest BCUT2D eigenvalue weighted by Gasteiger charge is -2.28. The summed E-state index contributed by atoms with van der Waals surface area (Å²) in [6, 6.07) is 15.6. The molecule has 1 aliphatic rings. The van der Waals surface area contributed by atoms with Crippen molar-refractivity contribution in [1.82, 2.24) is 10.2 Å². The first-order valence-corrected chi connectivity index (χ1v) is 10.8. The molecule has 1 fully saturated rings. The molecule has 2 aromatic carbocycles. The molecule has 4 rings (SSSR count). The zero-order valence-electron chi connectivity index (χ0n) is 17.9. The largest absolute Gasteiger partial charge is 0.481 e. The Hall–Kier alpha value is -3.68. The first kappa shape index (κ1) is 21.5. The van der Waals surface area contributed by atoms with Crippen molar-refractivity contribution in [1.29, 1.82) is 0 Å². The highest BCUT2D eigenvalue weighted by Gasteiger charge is 2.24. The van der Waals surface area contributed by atoms with Crippen molar-refractivity contribution in [3.8, 4) is 0 Å². The molecule has 0 spiro atoms. The van der Waals surface area contributed by atoms with Gasteiger partial charge in [0.05, 0.1) is 0 Å². The fourth-order valence-electron chi connectivity index (χ4n) is 4.16. The molecule has 8 heteroatoms. The van der Waals surface area contributed by atoms with Crippen LogP contribution in [0, 0.1) is 12.8 Å². The number of aromatic nitrogens is 2. The number of amides is 1. The number of aliphatic carboxylic acids is 1. The van der Waals surface area contributed by atoms with Crippen molar-refractivity contribution in [2.45, 2.75) is 44.9 Å². The molecule has 1 saturated carbocycles. The van der Waals surface area contributed by atoms with Crippen molar-refractivity contribution >= 4 is 29.3 Å². The van der Waals surface area contributed by atoms with E-state index in [0.29, 0.717) is 11.6 Å². The van der Waals surface area contributed by atoms with Gasteiger partial charge in [-0.05, 0) is 73.8 Å². The first-order chi connectivity index (χ1) is 15.5. The third-order valence-corrected chi connectivity index (χ3v) is 5.96. The molecule has 166 valence electrons. The smallest absolute Gasteiger partial charge is 0.320 e. The van der Waals surface area contributed by atoms with E-state index in [2.05, 4.69) is 20.8 Å². The summed E-state index contributed by atoms with van der Waals surface area (Å²) < 4.78 is 5.45. The molecule has 0 bridgehead atoms. The van der Waals surface area contributed by atoms with Crippen LogP contribution in [0.4, 0.5) is 17.4 Å². The first-order valence-electron chi connectivity index (χ1n) is 10.8. The van der Waals surface area contributed by atoms with Gasteiger partial charge in [0.2, 0.25) is 0 Å². The molecule has 0 saturated heterocycles. The highest BCUT2D eigenvalue weighted by Crippen LogP contribution is 2.37. The molecule has 3 aromatic rings. The number of rotatable bonds is 7. The summed E-state index contributed by atoms with van der Waals surface area (Å²) in [4.78, 5) is 23.4.